The fourth-order valence-electron chi connectivity index (χ4n) is 5.42. The number of nitrogens with zero attached hydrogens (tertiary/aromatic N) is 4. The normalized spacial score (nSPS) is 22.9. The molecule has 212 valence electrons. The molecule has 0 N–H and O–H groups in total. The second-order valence-corrected chi connectivity index (χ2v) is 11.5. The number of amides is 1. The molecule has 2 heterocycles. The molecule has 0 bridgehead atoms. The summed E-state index contributed by atoms with van der Waals surface area (Å²) in [5, 5.41) is 9.22. The third-order valence-corrected chi connectivity index (χ3v) is 8.10. The highest BCUT2D eigenvalue weighted by molar-refractivity contribution is 7.80. The maximum Gasteiger partial charge on any atom is 0.417 e. The molecule has 1 aliphatic carbocycles. The largest absolute Gasteiger partial charge is 0.498 e. The van der Waals surface area contributed by atoms with Crippen LogP contribution in [-0.4, -0.2) is 40.3 Å². The summed E-state index contributed by atoms with van der Waals surface area (Å²) >= 11 is 5.56. The number of carbonyl (C=O) groups is 1. The van der Waals surface area contributed by atoms with Crippen LogP contribution < -0.4 is 4.90 Å². The summed E-state index contributed by atoms with van der Waals surface area (Å²) < 4.78 is 46.7. The molecule has 0 aromatic heterocycles. The summed E-state index contributed by atoms with van der Waals surface area (Å²) in [5.41, 5.74) is 1.03. The first kappa shape index (κ1) is 29.5. The molecule has 6 nitrogen and oxygen atoms in total. The zero-order valence-corrected chi connectivity index (χ0v) is 24.1. The van der Waals surface area contributed by atoms with Crippen molar-refractivity contribution >= 4 is 34.6 Å². The van der Waals surface area contributed by atoms with Crippen LogP contribution in [0.4, 0.5) is 18.9 Å². The number of ether oxygens (including phenoxy) is 1. The topological polar surface area (TPSA) is 68.9 Å². The second kappa shape index (κ2) is 11.2. The van der Waals surface area contributed by atoms with Crippen molar-refractivity contribution in [3.8, 4) is 6.07 Å². The first-order valence-corrected chi connectivity index (χ1v) is 13.7. The quantitative estimate of drug-likeness (QED) is 0.263. The maximum absolute atomic E-state index is 13.5. The Balaban J connectivity index is 1.41. The van der Waals surface area contributed by atoms with Crippen LogP contribution >= 0.6 is 12.2 Å². The number of nitriles is 1. The molecule has 3 aliphatic rings. The average Bonchev–Trinajstić information content (AvgIpc) is 3.05. The lowest BCUT2D eigenvalue weighted by molar-refractivity contribution is -0.137. The number of hydrogen-bond donors (Lipinski definition) is 0. The van der Waals surface area contributed by atoms with Crippen molar-refractivity contribution in [3.63, 3.8) is 0 Å². The van der Waals surface area contributed by atoms with Gasteiger partial charge in [-0.1, -0.05) is 19.9 Å². The highest BCUT2D eigenvalue weighted by atomic mass is 32.1. The lowest BCUT2D eigenvalue weighted by Gasteiger charge is -2.30. The molecule has 1 fully saturated rings. The number of thiocarbonyl (C=S) groups is 1. The van der Waals surface area contributed by atoms with Crippen LogP contribution in [-0.2, 0) is 15.7 Å². The molecule has 10 heteroatoms. The van der Waals surface area contributed by atoms with E-state index in [9.17, 15) is 18.0 Å². The molecular weight excluding hydrogens is 537 g/mol. The molecule has 1 amide bonds. The Morgan fingerprint density at radius 2 is 1.93 bits per heavy atom. The Bertz CT molecular complexity index is 1380. The number of aliphatic imine (C=N–C) groups is 1. The van der Waals surface area contributed by atoms with Crippen molar-refractivity contribution < 1.29 is 22.7 Å². The molecule has 1 aromatic carbocycles. The fraction of sp³-hybridized carbons (Fsp3) is 0.467. The Labute approximate surface area is 238 Å². The number of carbonyl (C=O) groups excluding carboxylic acids is 1. The molecule has 0 saturated carbocycles. The molecule has 2 atom stereocenters. The Morgan fingerprint density at radius 1 is 1.20 bits per heavy atom. The van der Waals surface area contributed by atoms with Gasteiger partial charge in [0.25, 0.3) is 5.91 Å². The Hall–Kier alpha value is -3.45. The molecule has 0 radical (unpaired) electrons. The van der Waals surface area contributed by atoms with Gasteiger partial charge in [0.15, 0.2) is 5.11 Å². The lowest BCUT2D eigenvalue weighted by Crippen LogP contribution is -2.44. The smallest absolute Gasteiger partial charge is 0.417 e. The number of hydrogen-bond acceptors (Lipinski definition) is 5. The van der Waals surface area contributed by atoms with Gasteiger partial charge in [-0.2, -0.15) is 18.4 Å². The van der Waals surface area contributed by atoms with Crippen LogP contribution in [0.1, 0.15) is 65.0 Å². The molecule has 2 unspecified atom stereocenters. The molecule has 40 heavy (non-hydrogen) atoms. The van der Waals surface area contributed by atoms with E-state index in [2.05, 4.69) is 24.9 Å². The van der Waals surface area contributed by atoms with Crippen molar-refractivity contribution in [2.24, 2.45) is 16.8 Å². The summed E-state index contributed by atoms with van der Waals surface area (Å²) in [4.78, 5) is 20.6. The fourth-order valence-corrected chi connectivity index (χ4v) is 5.92. The Morgan fingerprint density at radius 3 is 2.55 bits per heavy atom. The number of halogens is 3. The van der Waals surface area contributed by atoms with Crippen molar-refractivity contribution in [2.75, 3.05) is 18.1 Å². The molecule has 0 spiro atoms. The summed E-state index contributed by atoms with van der Waals surface area (Å²) in [6.45, 7) is 10.6. The summed E-state index contributed by atoms with van der Waals surface area (Å²) in [6, 6.07) is 4.75. The van der Waals surface area contributed by atoms with Crippen LogP contribution in [0.15, 0.2) is 58.4 Å². The van der Waals surface area contributed by atoms with Gasteiger partial charge >= 0.3 is 6.18 Å². The van der Waals surface area contributed by atoms with E-state index in [0.717, 1.165) is 41.3 Å². The van der Waals surface area contributed by atoms with Gasteiger partial charge in [0.2, 0.25) is 0 Å². The summed E-state index contributed by atoms with van der Waals surface area (Å²) in [5.74, 6) is 1.11. The van der Waals surface area contributed by atoms with Gasteiger partial charge in [-0.3, -0.25) is 14.7 Å². The second-order valence-electron chi connectivity index (χ2n) is 11.1. The SMILES string of the molecule is CC1=NC=C(C2=CC=C(OCCCN3C(=S)N(c4ccc(C#N)c(C(F)(F)F)c4)C(=O)C3(C)C)C(C)C2)C(C)C1. The number of allylic oxidation sites excluding steroid dienone is 5. The van der Waals surface area contributed by atoms with Crippen LogP contribution in [0.25, 0.3) is 0 Å². The molecular formula is C30H33F3N4O2S. The molecule has 2 aliphatic heterocycles. The van der Waals surface area contributed by atoms with Gasteiger partial charge in [-0.05, 0) is 93.6 Å². The molecule has 1 saturated heterocycles. The van der Waals surface area contributed by atoms with Crippen LogP contribution in [0.2, 0.25) is 0 Å². The van der Waals surface area contributed by atoms with E-state index in [1.54, 1.807) is 24.8 Å². The monoisotopic (exact) mass is 570 g/mol. The zero-order valence-electron chi connectivity index (χ0n) is 23.3. The van der Waals surface area contributed by atoms with Gasteiger partial charge in [-0.15, -0.1) is 0 Å². The van der Waals surface area contributed by atoms with Gasteiger partial charge in [0, 0.05) is 24.4 Å². The van der Waals surface area contributed by atoms with Gasteiger partial charge < -0.3 is 9.64 Å². The van der Waals surface area contributed by atoms with Crippen molar-refractivity contribution in [2.45, 2.75) is 65.6 Å². The third kappa shape index (κ3) is 5.71. The lowest BCUT2D eigenvalue weighted by atomic mass is 9.82. The third-order valence-electron chi connectivity index (χ3n) is 7.69. The van der Waals surface area contributed by atoms with Crippen LogP contribution in [0.5, 0.6) is 0 Å². The zero-order chi connectivity index (χ0) is 29.4. The van der Waals surface area contributed by atoms with Crippen molar-refractivity contribution in [1.82, 2.24) is 4.90 Å². The van der Waals surface area contributed by atoms with Gasteiger partial charge in [0.05, 0.1) is 35.2 Å². The van der Waals surface area contributed by atoms with E-state index in [1.807, 2.05) is 19.2 Å². The predicted molar refractivity (Wildman–Crippen MR) is 153 cm³/mol. The number of anilines is 1. The highest BCUT2D eigenvalue weighted by Crippen LogP contribution is 2.38. The predicted octanol–water partition coefficient (Wildman–Crippen LogP) is 6.93. The minimum absolute atomic E-state index is 0.0137. The summed E-state index contributed by atoms with van der Waals surface area (Å²) in [6.07, 6.45) is 3.76. The van der Waals surface area contributed by atoms with E-state index >= 15 is 0 Å². The number of alkyl halides is 3. The number of benzene rings is 1. The average molecular weight is 571 g/mol. The minimum atomic E-state index is -4.74. The van der Waals surface area contributed by atoms with Crippen LogP contribution in [0, 0.1) is 23.2 Å². The first-order valence-electron chi connectivity index (χ1n) is 13.3. The maximum atomic E-state index is 13.5. The van der Waals surface area contributed by atoms with Gasteiger partial charge in [-0.25, -0.2) is 0 Å². The van der Waals surface area contributed by atoms with E-state index < -0.39 is 28.7 Å². The van der Waals surface area contributed by atoms with Crippen LogP contribution in [0.3, 0.4) is 0 Å². The summed E-state index contributed by atoms with van der Waals surface area (Å²) in [7, 11) is 0. The molecule has 4 rings (SSSR count). The molecule has 1 aromatic rings. The van der Waals surface area contributed by atoms with E-state index in [-0.39, 0.29) is 16.7 Å². The standard InChI is InChI=1S/C30H33F3N4O2S/c1-18-13-20(3)35-17-24(18)21-8-10-26(19(2)14-21)39-12-6-11-36-28(40)37(27(38)29(36,4)5)23-9-7-22(16-34)25(15-23)30(31,32)33/h7-10,15,17-19H,6,11-14H2,1-5H3. The van der Waals surface area contributed by atoms with E-state index in [4.69, 9.17) is 22.2 Å². The van der Waals surface area contributed by atoms with E-state index in [0.29, 0.717) is 25.5 Å². The first-order chi connectivity index (χ1) is 18.8. The highest BCUT2D eigenvalue weighted by Gasteiger charge is 2.49. The minimum Gasteiger partial charge on any atom is -0.498 e. The van der Waals surface area contributed by atoms with Crippen molar-refractivity contribution in [3.05, 3.63) is 64.6 Å². The van der Waals surface area contributed by atoms with Crippen molar-refractivity contribution in [1.29, 1.82) is 5.26 Å². The Kier molecular flexibility index (Phi) is 8.27. The number of rotatable bonds is 7. The van der Waals surface area contributed by atoms with E-state index in [1.165, 1.54) is 17.2 Å². The van der Waals surface area contributed by atoms with Gasteiger partial charge in [0.1, 0.15) is 5.54 Å².